The van der Waals surface area contributed by atoms with Crippen LogP contribution in [0.4, 0.5) is 0 Å². The van der Waals surface area contributed by atoms with E-state index in [0.717, 1.165) is 18.5 Å². The second-order valence-electron chi connectivity index (χ2n) is 6.75. The molecule has 5 heteroatoms. The van der Waals surface area contributed by atoms with Gasteiger partial charge < -0.3 is 15.0 Å². The Morgan fingerprint density at radius 2 is 1.96 bits per heavy atom. The number of pyridine rings is 1. The zero-order valence-corrected chi connectivity index (χ0v) is 14.9. The predicted octanol–water partition coefficient (Wildman–Crippen LogP) is 2.56. The van der Waals surface area contributed by atoms with E-state index < -0.39 is 0 Å². The highest BCUT2D eigenvalue weighted by Crippen LogP contribution is 2.52. The van der Waals surface area contributed by atoms with Crippen molar-refractivity contribution in [2.24, 2.45) is 11.3 Å². The molecule has 1 aromatic rings. The Morgan fingerprint density at radius 1 is 1.35 bits per heavy atom. The first-order chi connectivity index (χ1) is 10.8. The summed E-state index contributed by atoms with van der Waals surface area (Å²) in [5.74, 6) is -0.0601. The van der Waals surface area contributed by atoms with E-state index in [0.29, 0.717) is 5.56 Å². The fourth-order valence-corrected chi connectivity index (χ4v) is 4.45. The number of ether oxygens (including phenoxy) is 1. The Labute approximate surface area is 137 Å². The third-order valence-electron chi connectivity index (χ3n) is 5.64. The lowest BCUT2D eigenvalue weighted by Crippen LogP contribution is -2.70. The van der Waals surface area contributed by atoms with Crippen molar-refractivity contribution >= 4 is 5.91 Å². The van der Waals surface area contributed by atoms with E-state index in [2.05, 4.69) is 31.1 Å². The summed E-state index contributed by atoms with van der Waals surface area (Å²) in [7, 11) is 1.73. The largest absolute Gasteiger partial charge is 0.380 e. The predicted molar refractivity (Wildman–Crippen MR) is 90.8 cm³/mol. The molecule has 0 saturated heterocycles. The topological polar surface area (TPSA) is 71.2 Å². The van der Waals surface area contributed by atoms with Crippen LogP contribution < -0.4 is 10.9 Å². The van der Waals surface area contributed by atoms with Crippen LogP contribution in [0.3, 0.4) is 0 Å². The van der Waals surface area contributed by atoms with E-state index in [-0.39, 0.29) is 40.5 Å². The minimum Gasteiger partial charge on any atom is -0.380 e. The third kappa shape index (κ3) is 2.71. The molecule has 1 saturated carbocycles. The molecule has 0 aromatic carbocycles. The lowest BCUT2D eigenvalue weighted by atomic mass is 9.53. The van der Waals surface area contributed by atoms with E-state index in [9.17, 15) is 9.59 Å². The number of amides is 1. The van der Waals surface area contributed by atoms with Crippen LogP contribution in [0.2, 0.25) is 0 Å². The number of carbonyl (C=O) groups excluding carboxylic acids is 1. The van der Waals surface area contributed by atoms with Crippen molar-refractivity contribution < 1.29 is 9.53 Å². The normalized spacial score (nSPS) is 25.7. The fourth-order valence-electron chi connectivity index (χ4n) is 4.45. The van der Waals surface area contributed by atoms with Gasteiger partial charge in [-0.2, -0.15) is 0 Å². The highest BCUT2D eigenvalue weighted by molar-refractivity contribution is 5.95. The number of aryl methyl sites for hydroxylation is 2. The molecule has 0 unspecified atom stereocenters. The lowest BCUT2D eigenvalue weighted by Gasteiger charge is -2.59. The number of nitrogens with one attached hydrogen (secondary N) is 2. The molecular formula is C18H28N2O3. The summed E-state index contributed by atoms with van der Waals surface area (Å²) in [6.07, 6.45) is 2.00. The molecule has 0 bridgehead atoms. The molecule has 128 valence electrons. The number of aromatic nitrogens is 1. The summed E-state index contributed by atoms with van der Waals surface area (Å²) >= 11 is 0. The summed E-state index contributed by atoms with van der Waals surface area (Å²) in [5.41, 5.74) is 1.29. The molecule has 1 amide bonds. The van der Waals surface area contributed by atoms with Crippen LogP contribution in [0.15, 0.2) is 10.9 Å². The van der Waals surface area contributed by atoms with Crippen molar-refractivity contribution in [3.05, 3.63) is 33.2 Å². The number of carbonyl (C=O) groups is 1. The summed E-state index contributed by atoms with van der Waals surface area (Å²) in [5, 5.41) is 3.10. The Bertz CT molecular complexity index is 646. The van der Waals surface area contributed by atoms with Gasteiger partial charge in [0.1, 0.15) is 5.56 Å². The number of hydrogen-bond acceptors (Lipinski definition) is 3. The zero-order chi connectivity index (χ0) is 17.4. The average molecular weight is 320 g/mol. The van der Waals surface area contributed by atoms with Gasteiger partial charge in [-0.15, -0.1) is 0 Å². The maximum absolute atomic E-state index is 12.7. The van der Waals surface area contributed by atoms with Crippen molar-refractivity contribution in [3.63, 3.8) is 0 Å². The Morgan fingerprint density at radius 3 is 2.43 bits per heavy atom. The van der Waals surface area contributed by atoms with E-state index in [4.69, 9.17) is 4.74 Å². The zero-order valence-electron chi connectivity index (χ0n) is 14.9. The molecule has 5 nitrogen and oxygen atoms in total. The lowest BCUT2D eigenvalue weighted by molar-refractivity contribution is -0.164. The summed E-state index contributed by atoms with van der Waals surface area (Å²) in [6, 6.07) is 1.85. The molecule has 23 heavy (non-hydrogen) atoms. The molecule has 1 fully saturated rings. The second kappa shape index (κ2) is 6.48. The SMILES string of the molecule is CCC1(CC)[C@H](NC(=O)c2c(C)cc(C)[nH]c2=O)[C@H](C)[C@H]1OC. The van der Waals surface area contributed by atoms with Gasteiger partial charge >= 0.3 is 0 Å². The van der Waals surface area contributed by atoms with Crippen molar-refractivity contribution in [1.82, 2.24) is 10.3 Å². The van der Waals surface area contributed by atoms with Crippen molar-refractivity contribution in [2.45, 2.75) is 59.6 Å². The number of methoxy groups -OCH3 is 1. The van der Waals surface area contributed by atoms with Gasteiger partial charge in [-0.25, -0.2) is 0 Å². The van der Waals surface area contributed by atoms with Crippen LogP contribution in [-0.2, 0) is 4.74 Å². The van der Waals surface area contributed by atoms with Gasteiger partial charge in [0.25, 0.3) is 11.5 Å². The molecule has 0 spiro atoms. The molecule has 0 radical (unpaired) electrons. The summed E-state index contributed by atoms with van der Waals surface area (Å²) in [4.78, 5) is 27.5. The summed E-state index contributed by atoms with van der Waals surface area (Å²) in [6.45, 7) is 9.96. The second-order valence-corrected chi connectivity index (χ2v) is 6.75. The molecule has 2 N–H and O–H groups in total. The van der Waals surface area contributed by atoms with Gasteiger partial charge in [-0.05, 0) is 38.3 Å². The average Bonchev–Trinajstić information content (AvgIpc) is 2.48. The van der Waals surface area contributed by atoms with Gasteiger partial charge in [0.15, 0.2) is 0 Å². The van der Waals surface area contributed by atoms with Gasteiger partial charge in [0, 0.05) is 30.2 Å². The number of aromatic amines is 1. The molecule has 1 heterocycles. The maximum Gasteiger partial charge on any atom is 0.261 e. The molecule has 0 aliphatic heterocycles. The molecule has 2 rings (SSSR count). The molecule has 1 aromatic heterocycles. The quantitative estimate of drug-likeness (QED) is 0.876. The van der Waals surface area contributed by atoms with Crippen LogP contribution in [-0.4, -0.2) is 30.1 Å². The maximum atomic E-state index is 12.7. The van der Waals surface area contributed by atoms with Gasteiger partial charge in [-0.1, -0.05) is 20.8 Å². The summed E-state index contributed by atoms with van der Waals surface area (Å²) < 4.78 is 5.66. The number of H-pyrrole nitrogens is 1. The smallest absolute Gasteiger partial charge is 0.261 e. The first kappa shape index (κ1) is 17.7. The Balaban J connectivity index is 2.29. The first-order valence-corrected chi connectivity index (χ1v) is 8.36. The standard InChI is InChI=1S/C18H28N2O3/c1-7-18(8-2)14(12(5)15(18)23-6)20-17(22)13-10(3)9-11(4)19-16(13)21/h9,12,14-15H,7-8H2,1-6H3,(H,19,21)(H,20,22)/t12-,14+,15+/m0/s1. The first-order valence-electron chi connectivity index (χ1n) is 8.36. The van der Waals surface area contributed by atoms with Crippen LogP contribution in [0, 0.1) is 25.2 Å². The van der Waals surface area contributed by atoms with Crippen molar-refractivity contribution in [3.8, 4) is 0 Å². The molecule has 1 aliphatic carbocycles. The fraction of sp³-hybridized carbons (Fsp3) is 0.667. The van der Waals surface area contributed by atoms with Gasteiger partial charge in [0.05, 0.1) is 6.10 Å². The minimum absolute atomic E-state index is 0.0232. The van der Waals surface area contributed by atoms with Gasteiger partial charge in [-0.3, -0.25) is 9.59 Å². The van der Waals surface area contributed by atoms with Crippen LogP contribution >= 0.6 is 0 Å². The van der Waals surface area contributed by atoms with Crippen molar-refractivity contribution in [1.29, 1.82) is 0 Å². The van der Waals surface area contributed by atoms with Gasteiger partial charge in [0.2, 0.25) is 0 Å². The molecule has 3 atom stereocenters. The third-order valence-corrected chi connectivity index (χ3v) is 5.64. The van der Waals surface area contributed by atoms with E-state index >= 15 is 0 Å². The van der Waals surface area contributed by atoms with Crippen LogP contribution in [0.5, 0.6) is 0 Å². The molecular weight excluding hydrogens is 292 g/mol. The monoisotopic (exact) mass is 320 g/mol. The van der Waals surface area contributed by atoms with E-state index in [1.54, 1.807) is 14.0 Å². The van der Waals surface area contributed by atoms with E-state index in [1.165, 1.54) is 0 Å². The highest BCUT2D eigenvalue weighted by atomic mass is 16.5. The van der Waals surface area contributed by atoms with Crippen molar-refractivity contribution in [2.75, 3.05) is 7.11 Å². The van der Waals surface area contributed by atoms with Crippen LogP contribution in [0.1, 0.15) is 55.2 Å². The highest BCUT2D eigenvalue weighted by Gasteiger charge is 2.59. The van der Waals surface area contributed by atoms with Crippen LogP contribution in [0.25, 0.3) is 0 Å². The Hall–Kier alpha value is -1.62. The number of hydrogen-bond donors (Lipinski definition) is 2. The Kier molecular flexibility index (Phi) is 4.99. The molecule has 1 aliphatic rings. The number of rotatable bonds is 5. The minimum atomic E-state index is -0.325. The van der Waals surface area contributed by atoms with E-state index in [1.807, 2.05) is 13.0 Å².